The summed E-state index contributed by atoms with van der Waals surface area (Å²) < 4.78 is 13.6. The average Bonchev–Trinajstić information content (AvgIpc) is 2.48. The Morgan fingerprint density at radius 2 is 2.10 bits per heavy atom. The minimum Gasteiger partial charge on any atom is -0.363 e. The molecule has 0 aliphatic heterocycles. The van der Waals surface area contributed by atoms with Gasteiger partial charge in [-0.1, -0.05) is 49.3 Å². The smallest absolute Gasteiger partial charge is 0.347 e. The second-order valence-corrected chi connectivity index (χ2v) is 4.78. The molecule has 1 aromatic heterocycles. The maximum Gasteiger partial charge on any atom is 0.347 e. The SMILES string of the molecule is CC(C)C=NOc1ncc(F)c(NCc2ccccc2)n1. The van der Waals surface area contributed by atoms with Crippen molar-refractivity contribution in [1.29, 1.82) is 0 Å². The quantitative estimate of drug-likeness (QED) is 0.655. The monoisotopic (exact) mass is 288 g/mol. The van der Waals surface area contributed by atoms with Gasteiger partial charge in [-0.05, 0) is 11.5 Å². The van der Waals surface area contributed by atoms with Gasteiger partial charge in [0.05, 0.1) is 6.20 Å². The third kappa shape index (κ3) is 4.83. The molecule has 0 bridgehead atoms. The summed E-state index contributed by atoms with van der Waals surface area (Å²) in [5, 5.41) is 6.64. The first kappa shape index (κ1) is 14.9. The second-order valence-electron chi connectivity index (χ2n) is 4.78. The lowest BCUT2D eigenvalue weighted by atomic mass is 10.2. The van der Waals surface area contributed by atoms with Crippen molar-refractivity contribution in [3.63, 3.8) is 0 Å². The Balaban J connectivity index is 2.01. The van der Waals surface area contributed by atoms with E-state index in [2.05, 4.69) is 20.4 Å². The van der Waals surface area contributed by atoms with Gasteiger partial charge in [0.2, 0.25) is 0 Å². The topological polar surface area (TPSA) is 59.4 Å². The molecule has 0 fully saturated rings. The molecular formula is C15H17FN4O. The lowest BCUT2D eigenvalue weighted by Gasteiger charge is -2.07. The van der Waals surface area contributed by atoms with Crippen molar-refractivity contribution in [3.05, 3.63) is 47.9 Å². The lowest BCUT2D eigenvalue weighted by molar-refractivity contribution is 0.311. The number of nitrogens with one attached hydrogen (secondary N) is 1. The molecule has 0 unspecified atom stereocenters. The van der Waals surface area contributed by atoms with Crippen molar-refractivity contribution < 1.29 is 9.23 Å². The number of rotatable bonds is 6. The Hall–Kier alpha value is -2.50. The lowest BCUT2D eigenvalue weighted by Crippen LogP contribution is -2.05. The van der Waals surface area contributed by atoms with Gasteiger partial charge in [-0.15, -0.1) is 0 Å². The number of aromatic nitrogens is 2. The van der Waals surface area contributed by atoms with E-state index in [1.54, 1.807) is 6.21 Å². The number of nitrogens with zero attached hydrogens (tertiary/aromatic N) is 3. The molecular weight excluding hydrogens is 271 g/mol. The Labute approximate surface area is 122 Å². The molecule has 1 N–H and O–H groups in total. The van der Waals surface area contributed by atoms with Crippen LogP contribution in [0, 0.1) is 11.7 Å². The maximum atomic E-state index is 13.6. The van der Waals surface area contributed by atoms with Gasteiger partial charge in [0.1, 0.15) is 0 Å². The molecule has 0 saturated heterocycles. The molecule has 0 amide bonds. The van der Waals surface area contributed by atoms with Crippen LogP contribution < -0.4 is 10.2 Å². The third-order valence-corrected chi connectivity index (χ3v) is 2.52. The van der Waals surface area contributed by atoms with Gasteiger partial charge in [-0.2, -0.15) is 9.97 Å². The van der Waals surface area contributed by atoms with Crippen molar-refractivity contribution >= 4 is 12.0 Å². The highest BCUT2D eigenvalue weighted by Gasteiger charge is 2.07. The van der Waals surface area contributed by atoms with E-state index >= 15 is 0 Å². The summed E-state index contributed by atoms with van der Waals surface area (Å²) in [5.41, 5.74) is 1.02. The molecule has 0 radical (unpaired) electrons. The molecule has 2 rings (SSSR count). The molecule has 0 aliphatic carbocycles. The van der Waals surface area contributed by atoms with Crippen LogP contribution in [0.3, 0.4) is 0 Å². The molecule has 1 aromatic carbocycles. The van der Waals surface area contributed by atoms with Gasteiger partial charge in [-0.3, -0.25) is 0 Å². The summed E-state index contributed by atoms with van der Waals surface area (Å²) in [6, 6.07) is 9.65. The third-order valence-electron chi connectivity index (χ3n) is 2.52. The van der Waals surface area contributed by atoms with Gasteiger partial charge >= 0.3 is 6.01 Å². The van der Waals surface area contributed by atoms with E-state index in [1.807, 2.05) is 44.2 Å². The number of anilines is 1. The number of benzene rings is 1. The van der Waals surface area contributed by atoms with Crippen LogP contribution in [-0.2, 0) is 6.54 Å². The van der Waals surface area contributed by atoms with Crippen LogP contribution >= 0.6 is 0 Å². The van der Waals surface area contributed by atoms with Crippen LogP contribution in [0.4, 0.5) is 10.2 Å². The fourth-order valence-corrected chi connectivity index (χ4v) is 1.50. The highest BCUT2D eigenvalue weighted by atomic mass is 19.1. The zero-order valence-electron chi connectivity index (χ0n) is 12.0. The summed E-state index contributed by atoms with van der Waals surface area (Å²) in [4.78, 5) is 12.7. The minimum atomic E-state index is -0.536. The van der Waals surface area contributed by atoms with Crippen LogP contribution in [-0.4, -0.2) is 16.2 Å². The Bertz CT molecular complexity index is 602. The zero-order chi connectivity index (χ0) is 15.1. The van der Waals surface area contributed by atoms with Crippen molar-refractivity contribution in [2.75, 3.05) is 5.32 Å². The molecule has 110 valence electrons. The number of halogens is 1. The van der Waals surface area contributed by atoms with Crippen molar-refractivity contribution in [3.8, 4) is 6.01 Å². The molecule has 0 atom stereocenters. The summed E-state index contributed by atoms with van der Waals surface area (Å²) in [5.74, 6) is -0.198. The molecule has 5 nitrogen and oxygen atoms in total. The highest BCUT2D eigenvalue weighted by molar-refractivity contribution is 5.58. The fourth-order valence-electron chi connectivity index (χ4n) is 1.50. The van der Waals surface area contributed by atoms with E-state index in [0.717, 1.165) is 11.8 Å². The first-order valence-corrected chi connectivity index (χ1v) is 6.66. The van der Waals surface area contributed by atoms with Crippen molar-refractivity contribution in [2.24, 2.45) is 11.1 Å². The summed E-state index contributed by atoms with van der Waals surface area (Å²) >= 11 is 0. The van der Waals surface area contributed by atoms with Crippen LogP contribution in [0.5, 0.6) is 6.01 Å². The van der Waals surface area contributed by atoms with E-state index in [0.29, 0.717) is 6.54 Å². The van der Waals surface area contributed by atoms with Crippen molar-refractivity contribution in [1.82, 2.24) is 9.97 Å². The van der Waals surface area contributed by atoms with Crippen LogP contribution in [0.1, 0.15) is 19.4 Å². The van der Waals surface area contributed by atoms with E-state index in [9.17, 15) is 4.39 Å². The molecule has 2 aromatic rings. The minimum absolute atomic E-state index is 0.00358. The number of hydrogen-bond acceptors (Lipinski definition) is 5. The van der Waals surface area contributed by atoms with Gasteiger partial charge in [0.25, 0.3) is 0 Å². The van der Waals surface area contributed by atoms with Crippen LogP contribution in [0.2, 0.25) is 0 Å². The molecule has 0 aliphatic rings. The molecule has 6 heteroatoms. The first-order valence-electron chi connectivity index (χ1n) is 6.66. The summed E-state index contributed by atoms with van der Waals surface area (Å²) in [6.07, 6.45) is 2.67. The van der Waals surface area contributed by atoms with Gasteiger partial charge < -0.3 is 10.2 Å². The molecule has 1 heterocycles. The molecule has 0 saturated carbocycles. The number of hydrogen-bond donors (Lipinski definition) is 1. The second kappa shape index (κ2) is 7.33. The van der Waals surface area contributed by atoms with Crippen LogP contribution in [0.25, 0.3) is 0 Å². The van der Waals surface area contributed by atoms with E-state index in [4.69, 9.17) is 4.84 Å². The Kier molecular flexibility index (Phi) is 5.20. The summed E-state index contributed by atoms with van der Waals surface area (Å²) in [6.45, 7) is 4.39. The van der Waals surface area contributed by atoms with E-state index in [1.165, 1.54) is 0 Å². The predicted molar refractivity (Wildman–Crippen MR) is 79.7 cm³/mol. The maximum absolute atomic E-state index is 13.6. The highest BCUT2D eigenvalue weighted by Crippen LogP contribution is 2.14. The molecule has 21 heavy (non-hydrogen) atoms. The standard InChI is InChI=1S/C15H17FN4O/c1-11(2)8-19-21-15-18-10-13(16)14(20-15)17-9-12-6-4-3-5-7-12/h3-8,10-11H,9H2,1-2H3,(H,17,18,20). The largest absolute Gasteiger partial charge is 0.363 e. The zero-order valence-corrected chi connectivity index (χ0v) is 12.0. The Morgan fingerprint density at radius 3 is 2.81 bits per heavy atom. The number of oxime groups is 1. The van der Waals surface area contributed by atoms with Gasteiger partial charge in [0.15, 0.2) is 11.6 Å². The van der Waals surface area contributed by atoms with Gasteiger partial charge in [0, 0.05) is 12.8 Å². The summed E-state index contributed by atoms with van der Waals surface area (Å²) in [7, 11) is 0. The van der Waals surface area contributed by atoms with E-state index < -0.39 is 5.82 Å². The normalized spacial score (nSPS) is 11.0. The van der Waals surface area contributed by atoms with Crippen LogP contribution in [0.15, 0.2) is 41.7 Å². The predicted octanol–water partition coefficient (Wildman–Crippen LogP) is 3.25. The van der Waals surface area contributed by atoms with Gasteiger partial charge in [-0.25, -0.2) is 4.39 Å². The fraction of sp³-hybridized carbons (Fsp3) is 0.267. The average molecular weight is 288 g/mol. The molecule has 0 spiro atoms. The van der Waals surface area contributed by atoms with E-state index in [-0.39, 0.29) is 17.7 Å². The first-order chi connectivity index (χ1) is 10.1. The Morgan fingerprint density at radius 1 is 1.33 bits per heavy atom. The van der Waals surface area contributed by atoms with Crippen molar-refractivity contribution in [2.45, 2.75) is 20.4 Å².